The molecule has 0 heterocycles. The summed E-state index contributed by atoms with van der Waals surface area (Å²) in [5, 5.41) is 4.07. The van der Waals surface area contributed by atoms with E-state index in [0.717, 1.165) is 12.1 Å². The van der Waals surface area contributed by atoms with E-state index in [1.165, 1.54) is 38.2 Å². The molecule has 3 rings (SSSR count). The Morgan fingerprint density at radius 1 is 1.15 bits per heavy atom. The van der Waals surface area contributed by atoms with Crippen LogP contribution in [0.3, 0.4) is 0 Å². The van der Waals surface area contributed by atoms with E-state index >= 15 is 0 Å². The van der Waals surface area contributed by atoms with E-state index in [1.807, 2.05) is 12.1 Å². The monoisotopic (exact) mass is 377 g/mol. The molecular weight excluding hydrogens is 353 g/mol. The Hall–Kier alpha value is -1.78. The lowest BCUT2D eigenvalue weighted by Crippen LogP contribution is -2.30. The van der Waals surface area contributed by atoms with E-state index in [1.54, 1.807) is 25.3 Å². The summed E-state index contributed by atoms with van der Waals surface area (Å²) in [5.74, 6) is 0.712. The van der Waals surface area contributed by atoms with Crippen molar-refractivity contribution in [3.8, 4) is 11.5 Å². The Balaban J connectivity index is 1.67. The molecule has 5 heteroatoms. The zero-order valence-corrected chi connectivity index (χ0v) is 15.8. The average molecular weight is 378 g/mol. The van der Waals surface area contributed by atoms with Gasteiger partial charge in [-0.1, -0.05) is 49.1 Å². The van der Waals surface area contributed by atoms with Crippen LogP contribution in [0.1, 0.15) is 43.2 Å². The van der Waals surface area contributed by atoms with Gasteiger partial charge in [0.25, 0.3) is 0 Å². The number of rotatable bonds is 7. The molecule has 0 aliphatic heterocycles. The van der Waals surface area contributed by atoms with Gasteiger partial charge in [0.2, 0.25) is 0 Å². The Morgan fingerprint density at radius 2 is 1.92 bits per heavy atom. The van der Waals surface area contributed by atoms with Crippen LogP contribution < -0.4 is 14.8 Å². The normalized spacial score (nSPS) is 15.0. The summed E-state index contributed by atoms with van der Waals surface area (Å²) >= 11 is 6.41. The first-order chi connectivity index (χ1) is 12.7. The second kappa shape index (κ2) is 9.24. The summed E-state index contributed by atoms with van der Waals surface area (Å²) in [5.41, 5.74) is 1.53. The zero-order valence-electron chi connectivity index (χ0n) is 15.1. The van der Waals surface area contributed by atoms with Crippen molar-refractivity contribution in [1.82, 2.24) is 5.32 Å². The Labute approximate surface area is 159 Å². The van der Waals surface area contributed by atoms with Gasteiger partial charge in [0.1, 0.15) is 12.4 Å². The number of halogens is 2. The van der Waals surface area contributed by atoms with E-state index in [-0.39, 0.29) is 12.4 Å². The molecule has 1 aliphatic rings. The molecule has 1 saturated carbocycles. The van der Waals surface area contributed by atoms with Crippen molar-refractivity contribution >= 4 is 11.6 Å². The van der Waals surface area contributed by atoms with Gasteiger partial charge in [-0.3, -0.25) is 0 Å². The smallest absolute Gasteiger partial charge is 0.180 e. The zero-order chi connectivity index (χ0) is 18.4. The third-order valence-corrected chi connectivity index (χ3v) is 5.10. The van der Waals surface area contributed by atoms with Gasteiger partial charge < -0.3 is 14.8 Å². The highest BCUT2D eigenvalue weighted by molar-refractivity contribution is 6.32. The predicted molar refractivity (Wildman–Crippen MR) is 102 cm³/mol. The van der Waals surface area contributed by atoms with E-state index < -0.39 is 0 Å². The molecule has 0 atom stereocenters. The third-order valence-electron chi connectivity index (χ3n) is 4.82. The lowest BCUT2D eigenvalue weighted by Gasteiger charge is -2.23. The van der Waals surface area contributed by atoms with Crippen LogP contribution in [-0.2, 0) is 13.2 Å². The standard InChI is InChI=1S/C21H25ClFNO2/c1-25-20-12-15(13-24-17-8-3-2-4-9-17)11-18(22)21(20)26-14-16-7-5-6-10-19(16)23/h5-7,10-12,17,24H,2-4,8-9,13-14H2,1H3. The molecular formula is C21H25ClFNO2. The van der Waals surface area contributed by atoms with Crippen molar-refractivity contribution in [2.75, 3.05) is 7.11 Å². The maximum Gasteiger partial charge on any atom is 0.180 e. The quantitative estimate of drug-likeness (QED) is 0.692. The lowest BCUT2D eigenvalue weighted by molar-refractivity contribution is 0.279. The van der Waals surface area contributed by atoms with Gasteiger partial charge in [-0.15, -0.1) is 0 Å². The summed E-state index contributed by atoms with van der Waals surface area (Å²) in [6, 6.07) is 10.9. The summed E-state index contributed by atoms with van der Waals surface area (Å²) in [6.07, 6.45) is 6.39. The number of hydrogen-bond acceptors (Lipinski definition) is 3. The van der Waals surface area contributed by atoms with Crippen LogP contribution in [0.15, 0.2) is 36.4 Å². The molecule has 0 bridgehead atoms. The third kappa shape index (κ3) is 4.89. The van der Waals surface area contributed by atoms with Gasteiger partial charge >= 0.3 is 0 Å². The molecule has 0 saturated heterocycles. The van der Waals surface area contributed by atoms with Crippen molar-refractivity contribution in [1.29, 1.82) is 0 Å². The second-order valence-corrected chi connectivity index (χ2v) is 7.11. The number of methoxy groups -OCH3 is 1. The highest BCUT2D eigenvalue weighted by Gasteiger charge is 2.16. The maximum atomic E-state index is 13.8. The minimum absolute atomic E-state index is 0.0996. The van der Waals surface area contributed by atoms with Crippen LogP contribution in [0.25, 0.3) is 0 Å². The maximum absolute atomic E-state index is 13.8. The average Bonchev–Trinajstić information content (AvgIpc) is 2.67. The Kier molecular flexibility index (Phi) is 6.75. The summed E-state index contributed by atoms with van der Waals surface area (Å²) in [4.78, 5) is 0. The highest BCUT2D eigenvalue weighted by Crippen LogP contribution is 2.37. The topological polar surface area (TPSA) is 30.5 Å². The first kappa shape index (κ1) is 19.0. The van der Waals surface area contributed by atoms with Crippen LogP contribution in [0.2, 0.25) is 5.02 Å². The van der Waals surface area contributed by atoms with Crippen LogP contribution >= 0.6 is 11.6 Å². The fraction of sp³-hybridized carbons (Fsp3) is 0.429. The molecule has 26 heavy (non-hydrogen) atoms. The first-order valence-corrected chi connectivity index (χ1v) is 9.51. The fourth-order valence-corrected chi connectivity index (χ4v) is 3.64. The summed E-state index contributed by atoms with van der Waals surface area (Å²) in [7, 11) is 1.58. The van der Waals surface area contributed by atoms with Crippen LogP contribution in [-0.4, -0.2) is 13.2 Å². The molecule has 140 valence electrons. The van der Waals surface area contributed by atoms with Crippen LogP contribution in [0.5, 0.6) is 11.5 Å². The number of benzene rings is 2. The first-order valence-electron chi connectivity index (χ1n) is 9.13. The molecule has 0 unspecified atom stereocenters. The Morgan fingerprint density at radius 3 is 2.65 bits per heavy atom. The van der Waals surface area contributed by atoms with Crippen LogP contribution in [0, 0.1) is 5.82 Å². The largest absolute Gasteiger partial charge is 0.493 e. The van der Waals surface area contributed by atoms with E-state index in [4.69, 9.17) is 21.1 Å². The minimum Gasteiger partial charge on any atom is -0.493 e. The minimum atomic E-state index is -0.295. The van der Waals surface area contributed by atoms with Gasteiger partial charge in [-0.2, -0.15) is 0 Å². The Bertz CT molecular complexity index is 732. The number of hydrogen-bond donors (Lipinski definition) is 1. The SMILES string of the molecule is COc1cc(CNC2CCCCC2)cc(Cl)c1OCc1ccccc1F. The van der Waals surface area contributed by atoms with Gasteiger partial charge in [-0.25, -0.2) is 4.39 Å². The molecule has 2 aromatic carbocycles. The fourth-order valence-electron chi connectivity index (χ4n) is 3.35. The van der Waals surface area contributed by atoms with Crippen molar-refractivity contribution in [3.63, 3.8) is 0 Å². The predicted octanol–water partition coefficient (Wildman–Crippen LogP) is 5.49. The number of nitrogens with one attached hydrogen (secondary N) is 1. The lowest BCUT2D eigenvalue weighted by atomic mass is 9.95. The highest BCUT2D eigenvalue weighted by atomic mass is 35.5. The second-order valence-electron chi connectivity index (χ2n) is 6.70. The molecule has 0 spiro atoms. The van der Waals surface area contributed by atoms with Crippen molar-refractivity contribution in [2.24, 2.45) is 0 Å². The molecule has 1 N–H and O–H groups in total. The molecule has 1 fully saturated rings. The van der Waals surface area contributed by atoms with Crippen molar-refractivity contribution in [3.05, 3.63) is 58.4 Å². The molecule has 0 amide bonds. The van der Waals surface area contributed by atoms with Gasteiger partial charge in [0.05, 0.1) is 12.1 Å². The van der Waals surface area contributed by atoms with Crippen molar-refractivity contribution < 1.29 is 13.9 Å². The van der Waals surface area contributed by atoms with E-state index in [2.05, 4.69) is 5.32 Å². The molecule has 1 aliphatic carbocycles. The van der Waals surface area contributed by atoms with Crippen LogP contribution in [0.4, 0.5) is 4.39 Å². The number of ether oxygens (including phenoxy) is 2. The molecule has 3 nitrogen and oxygen atoms in total. The molecule has 0 aromatic heterocycles. The summed E-state index contributed by atoms with van der Waals surface area (Å²) < 4.78 is 25.0. The van der Waals surface area contributed by atoms with E-state index in [0.29, 0.717) is 28.1 Å². The molecule has 2 aromatic rings. The van der Waals surface area contributed by atoms with Gasteiger partial charge in [0.15, 0.2) is 11.5 Å². The van der Waals surface area contributed by atoms with Gasteiger partial charge in [0, 0.05) is 18.2 Å². The van der Waals surface area contributed by atoms with E-state index in [9.17, 15) is 4.39 Å². The summed E-state index contributed by atoms with van der Waals surface area (Å²) in [6.45, 7) is 0.844. The van der Waals surface area contributed by atoms with Gasteiger partial charge in [-0.05, 0) is 36.6 Å². The molecule has 0 radical (unpaired) electrons. The van der Waals surface area contributed by atoms with Crippen molar-refractivity contribution in [2.45, 2.75) is 51.3 Å².